The van der Waals surface area contributed by atoms with E-state index in [0.717, 1.165) is 42.4 Å². The third kappa shape index (κ3) is 2.94. The molecule has 0 bridgehead atoms. The number of fused-ring (bicyclic) bond motifs is 5. The lowest BCUT2D eigenvalue weighted by Crippen LogP contribution is -2.52. The molecule has 4 saturated carbocycles. The average Bonchev–Trinajstić information content (AvgIpc) is 2.97. The summed E-state index contributed by atoms with van der Waals surface area (Å²) in [6.45, 7) is 5.33. The van der Waals surface area contributed by atoms with Crippen LogP contribution in [0.25, 0.3) is 0 Å². The van der Waals surface area contributed by atoms with Crippen LogP contribution in [0, 0.1) is 40.4 Å². The Morgan fingerprint density at radius 2 is 1.73 bits per heavy atom. The Balaban J connectivity index is 1.45. The van der Waals surface area contributed by atoms with Gasteiger partial charge in [0, 0.05) is 13.5 Å². The van der Waals surface area contributed by atoms with Crippen molar-refractivity contribution in [2.24, 2.45) is 40.4 Å². The number of rotatable bonds is 4. The monoisotopic (exact) mass is 359 g/mol. The molecule has 0 aromatic rings. The van der Waals surface area contributed by atoms with E-state index >= 15 is 0 Å². The molecule has 2 nitrogen and oxygen atoms in total. The summed E-state index contributed by atoms with van der Waals surface area (Å²) in [5, 5.41) is 2.79. The molecule has 4 fully saturated rings. The third-order valence-electron chi connectivity index (χ3n) is 10.0. The number of hydrogen-bond donors (Lipinski definition) is 1. The molecule has 0 spiro atoms. The van der Waals surface area contributed by atoms with E-state index in [1.54, 1.807) is 7.05 Å². The first-order chi connectivity index (χ1) is 12.5. The van der Waals surface area contributed by atoms with Gasteiger partial charge in [0.25, 0.3) is 0 Å². The van der Waals surface area contributed by atoms with Crippen LogP contribution in [0.15, 0.2) is 0 Å². The van der Waals surface area contributed by atoms with Gasteiger partial charge in [0.05, 0.1) is 0 Å². The number of hydrogen-bond acceptors (Lipinski definition) is 1. The zero-order valence-corrected chi connectivity index (χ0v) is 17.5. The Morgan fingerprint density at radius 1 is 0.923 bits per heavy atom. The van der Waals surface area contributed by atoms with Gasteiger partial charge < -0.3 is 5.32 Å². The molecular weight excluding hydrogens is 318 g/mol. The van der Waals surface area contributed by atoms with E-state index in [1.807, 2.05) is 0 Å². The Morgan fingerprint density at radius 3 is 2.54 bits per heavy atom. The van der Waals surface area contributed by atoms with Crippen LogP contribution >= 0.6 is 0 Å². The zero-order valence-electron chi connectivity index (χ0n) is 17.5. The van der Waals surface area contributed by atoms with Crippen LogP contribution in [0.4, 0.5) is 0 Å². The van der Waals surface area contributed by atoms with Gasteiger partial charge in [-0.1, -0.05) is 26.7 Å². The molecule has 148 valence electrons. The highest BCUT2D eigenvalue weighted by Gasteiger charge is 2.59. The fourth-order valence-corrected chi connectivity index (χ4v) is 8.51. The van der Waals surface area contributed by atoms with Crippen molar-refractivity contribution in [3.05, 3.63) is 0 Å². The van der Waals surface area contributed by atoms with Gasteiger partial charge in [-0.3, -0.25) is 4.79 Å². The van der Waals surface area contributed by atoms with Crippen molar-refractivity contribution < 1.29 is 4.79 Å². The van der Waals surface area contributed by atoms with Crippen molar-refractivity contribution in [3.63, 3.8) is 0 Å². The Hall–Kier alpha value is -0.530. The minimum absolute atomic E-state index is 0.219. The maximum Gasteiger partial charge on any atom is 0.219 e. The standard InChI is InChI=1S/C24H41NO/c1-23-15-5-4-7-17(23)10-12-19-20-13-11-18(8-6-9-22(26)25-3)24(20,2)16-14-21(19)23/h17-21H,4-16H2,1-3H3,(H,25,26)/t17-,18?,19?,20?,21?,23-,24+/m0/s1. The summed E-state index contributed by atoms with van der Waals surface area (Å²) in [6.07, 6.45) is 18.0. The second-order valence-electron chi connectivity index (χ2n) is 10.8. The van der Waals surface area contributed by atoms with Gasteiger partial charge in [0.15, 0.2) is 0 Å². The largest absolute Gasteiger partial charge is 0.359 e. The van der Waals surface area contributed by atoms with Gasteiger partial charge in [-0.2, -0.15) is 0 Å². The molecule has 0 aromatic heterocycles. The third-order valence-corrected chi connectivity index (χ3v) is 10.0. The van der Waals surface area contributed by atoms with E-state index in [9.17, 15) is 4.79 Å². The smallest absolute Gasteiger partial charge is 0.219 e. The Labute approximate surface area is 161 Å². The van der Waals surface area contributed by atoms with E-state index in [2.05, 4.69) is 19.2 Å². The van der Waals surface area contributed by atoms with Crippen molar-refractivity contribution in [1.29, 1.82) is 0 Å². The predicted molar refractivity (Wildman–Crippen MR) is 108 cm³/mol. The van der Waals surface area contributed by atoms with Crippen LogP contribution < -0.4 is 5.32 Å². The van der Waals surface area contributed by atoms with Crippen LogP contribution in [-0.2, 0) is 4.79 Å². The minimum atomic E-state index is 0.219. The number of carbonyl (C=O) groups is 1. The normalized spacial score (nSPS) is 47.6. The molecule has 0 heterocycles. The van der Waals surface area contributed by atoms with Crippen LogP contribution in [0.1, 0.15) is 97.3 Å². The maximum absolute atomic E-state index is 11.6. The van der Waals surface area contributed by atoms with E-state index in [4.69, 9.17) is 0 Å². The summed E-state index contributed by atoms with van der Waals surface area (Å²) in [5.74, 6) is 5.13. The molecule has 4 rings (SSSR count). The van der Waals surface area contributed by atoms with Gasteiger partial charge in [0.1, 0.15) is 0 Å². The second-order valence-corrected chi connectivity index (χ2v) is 10.8. The fourth-order valence-electron chi connectivity index (χ4n) is 8.51. The summed E-state index contributed by atoms with van der Waals surface area (Å²) in [7, 11) is 1.76. The summed E-state index contributed by atoms with van der Waals surface area (Å²) < 4.78 is 0. The Kier molecular flexibility index (Phi) is 5.16. The lowest BCUT2D eigenvalue weighted by molar-refractivity contribution is -0.121. The van der Waals surface area contributed by atoms with Gasteiger partial charge in [-0.15, -0.1) is 0 Å². The fraction of sp³-hybridized carbons (Fsp3) is 0.958. The van der Waals surface area contributed by atoms with E-state index in [-0.39, 0.29) is 5.91 Å². The first-order valence-electron chi connectivity index (χ1n) is 11.7. The van der Waals surface area contributed by atoms with Crippen molar-refractivity contribution in [2.75, 3.05) is 7.05 Å². The maximum atomic E-state index is 11.6. The van der Waals surface area contributed by atoms with Crippen LogP contribution in [-0.4, -0.2) is 13.0 Å². The van der Waals surface area contributed by atoms with Gasteiger partial charge >= 0.3 is 0 Å². The summed E-state index contributed by atoms with van der Waals surface area (Å²) in [4.78, 5) is 11.6. The molecule has 0 aromatic carbocycles. The molecule has 0 saturated heterocycles. The molecular formula is C24H41NO. The van der Waals surface area contributed by atoms with E-state index in [0.29, 0.717) is 10.8 Å². The van der Waals surface area contributed by atoms with Crippen molar-refractivity contribution >= 4 is 5.91 Å². The molecule has 4 aliphatic carbocycles. The highest BCUT2D eigenvalue weighted by Crippen LogP contribution is 2.67. The first-order valence-corrected chi connectivity index (χ1v) is 11.7. The molecule has 0 aliphatic heterocycles. The highest BCUT2D eigenvalue weighted by atomic mass is 16.1. The van der Waals surface area contributed by atoms with Crippen LogP contribution in [0.3, 0.4) is 0 Å². The lowest BCUT2D eigenvalue weighted by atomic mass is 9.45. The molecule has 1 N–H and O–H groups in total. The summed E-state index contributed by atoms with van der Waals surface area (Å²) in [6, 6.07) is 0. The SMILES string of the molecule is CNC(=O)CCCC1CCC2C3CC[C@@H]4CCCC[C@]4(C)C3CC[C@]12C. The molecule has 7 atom stereocenters. The van der Waals surface area contributed by atoms with Gasteiger partial charge in [-0.05, 0) is 105 Å². The summed E-state index contributed by atoms with van der Waals surface area (Å²) >= 11 is 0. The Bertz CT molecular complexity index is 530. The molecule has 26 heavy (non-hydrogen) atoms. The quantitative estimate of drug-likeness (QED) is 0.660. The topological polar surface area (TPSA) is 29.1 Å². The minimum Gasteiger partial charge on any atom is -0.359 e. The van der Waals surface area contributed by atoms with E-state index in [1.165, 1.54) is 70.6 Å². The van der Waals surface area contributed by atoms with Crippen molar-refractivity contribution in [3.8, 4) is 0 Å². The van der Waals surface area contributed by atoms with Crippen LogP contribution in [0.5, 0.6) is 0 Å². The summed E-state index contributed by atoms with van der Waals surface area (Å²) in [5.41, 5.74) is 1.24. The molecule has 4 aliphatic rings. The first kappa shape index (κ1) is 18.8. The van der Waals surface area contributed by atoms with Crippen molar-refractivity contribution in [2.45, 2.75) is 97.3 Å². The van der Waals surface area contributed by atoms with Crippen LogP contribution in [0.2, 0.25) is 0 Å². The molecule has 1 amide bonds. The van der Waals surface area contributed by atoms with Gasteiger partial charge in [-0.25, -0.2) is 0 Å². The lowest BCUT2D eigenvalue weighted by Gasteiger charge is -2.60. The zero-order chi connectivity index (χ0) is 18.4. The number of amides is 1. The molecule has 4 unspecified atom stereocenters. The molecule has 2 heteroatoms. The number of nitrogens with one attached hydrogen (secondary N) is 1. The van der Waals surface area contributed by atoms with Crippen molar-refractivity contribution in [1.82, 2.24) is 5.32 Å². The van der Waals surface area contributed by atoms with E-state index < -0.39 is 0 Å². The van der Waals surface area contributed by atoms with Gasteiger partial charge in [0.2, 0.25) is 5.91 Å². The highest BCUT2D eigenvalue weighted by molar-refractivity contribution is 5.75. The second kappa shape index (κ2) is 7.13. The molecule has 0 radical (unpaired) electrons. The average molecular weight is 360 g/mol. The predicted octanol–water partition coefficient (Wildman–Crippen LogP) is 5.95. The number of carbonyl (C=O) groups excluding carboxylic acids is 1.